The molecule has 44 valence electrons. The molecule has 1 nitrogen and oxygen atoms in total. The molecule has 0 unspecified atom stereocenters. The molecule has 0 fully saturated rings. The molecule has 0 aliphatic rings. The second-order valence-corrected chi connectivity index (χ2v) is 1.90. The zero-order valence-electron chi connectivity index (χ0n) is 4.64. The second-order valence-electron chi connectivity index (χ2n) is 1.09. The zero-order chi connectivity index (χ0) is 5.11. The van der Waals surface area contributed by atoms with Crippen LogP contribution in [0.2, 0.25) is 0 Å². The van der Waals surface area contributed by atoms with Crippen molar-refractivity contribution >= 4 is 39.0 Å². The van der Waals surface area contributed by atoms with Crippen LogP contribution in [-0.4, -0.2) is 28.0 Å². The van der Waals surface area contributed by atoms with Crippen LogP contribution in [0.4, 0.5) is 0 Å². The summed E-state index contributed by atoms with van der Waals surface area (Å²) in [6.45, 7) is 0. The summed E-state index contributed by atoms with van der Waals surface area (Å²) in [6, 6.07) is 5.48. The van der Waals surface area contributed by atoms with Crippen LogP contribution < -0.4 is 12.4 Å². The van der Waals surface area contributed by atoms with Crippen molar-refractivity contribution in [3.63, 3.8) is 0 Å². The van der Waals surface area contributed by atoms with Crippen LogP contribution in [-0.2, 0) is 0 Å². The van der Waals surface area contributed by atoms with E-state index in [0.29, 0.717) is 0 Å². The summed E-state index contributed by atoms with van der Waals surface area (Å²) in [7, 11) is 0. The minimum atomic E-state index is 0. The van der Waals surface area contributed by atoms with Crippen LogP contribution in [0.1, 0.15) is 0 Å². The predicted octanol–water partition coefficient (Wildman–Crippen LogP) is -1.73. The minimum absolute atomic E-state index is 0. The standard InChI is InChI=1S/C5H3BrN.ClH.Mg/c6-5-3-1-2-4-7-5;;/h1-3H;1H;/q-1;;+2/p-1. The number of aromatic nitrogens is 1. The van der Waals surface area contributed by atoms with E-state index in [2.05, 4.69) is 27.1 Å². The van der Waals surface area contributed by atoms with Crippen molar-refractivity contribution in [3.05, 3.63) is 29.0 Å². The Labute approximate surface area is 84.9 Å². The van der Waals surface area contributed by atoms with E-state index < -0.39 is 0 Å². The Morgan fingerprint density at radius 3 is 2.44 bits per heavy atom. The molecule has 1 aromatic heterocycles. The van der Waals surface area contributed by atoms with Crippen LogP contribution in [0.5, 0.6) is 0 Å². The topological polar surface area (TPSA) is 12.9 Å². The van der Waals surface area contributed by atoms with Gasteiger partial charge in [0, 0.05) is 0 Å². The summed E-state index contributed by atoms with van der Waals surface area (Å²) in [4.78, 5) is 3.77. The van der Waals surface area contributed by atoms with Crippen molar-refractivity contribution in [3.8, 4) is 0 Å². The van der Waals surface area contributed by atoms with E-state index in [1.807, 2.05) is 12.1 Å². The Kier molecular flexibility index (Phi) is 9.35. The van der Waals surface area contributed by atoms with E-state index in [0.717, 1.165) is 4.60 Å². The Balaban J connectivity index is 0. The van der Waals surface area contributed by atoms with Crippen LogP contribution in [0.3, 0.4) is 0 Å². The molecule has 4 heteroatoms. The third kappa shape index (κ3) is 5.15. The first-order valence-corrected chi connectivity index (χ1v) is 2.67. The third-order valence-electron chi connectivity index (χ3n) is 0.576. The summed E-state index contributed by atoms with van der Waals surface area (Å²) < 4.78 is 0.829. The van der Waals surface area contributed by atoms with E-state index in [1.54, 1.807) is 6.07 Å². The molecular weight excluding hydrogens is 214 g/mol. The SMILES string of the molecule is Brc1ccc[c-]n1.[Cl-].[Mg+2]. The van der Waals surface area contributed by atoms with Gasteiger partial charge in [-0.15, -0.1) is 22.0 Å². The largest absolute Gasteiger partial charge is 2.00 e. The number of halogens is 2. The van der Waals surface area contributed by atoms with Crippen LogP contribution in [0.25, 0.3) is 0 Å². The van der Waals surface area contributed by atoms with Crippen molar-refractivity contribution in [1.29, 1.82) is 0 Å². The van der Waals surface area contributed by atoms with Crippen molar-refractivity contribution in [2.45, 2.75) is 0 Å². The molecule has 1 aromatic rings. The summed E-state index contributed by atoms with van der Waals surface area (Å²) in [5, 5.41) is 0. The first-order valence-electron chi connectivity index (χ1n) is 1.88. The van der Waals surface area contributed by atoms with E-state index in [-0.39, 0.29) is 35.5 Å². The van der Waals surface area contributed by atoms with E-state index in [9.17, 15) is 0 Å². The first kappa shape index (κ1) is 12.4. The van der Waals surface area contributed by atoms with Gasteiger partial charge in [0.25, 0.3) is 0 Å². The molecule has 1 rings (SSSR count). The van der Waals surface area contributed by atoms with Gasteiger partial charge in [-0.05, 0) is 4.60 Å². The maximum absolute atomic E-state index is 3.77. The molecule has 1 heterocycles. The number of nitrogens with zero attached hydrogens (tertiary/aromatic N) is 1. The van der Waals surface area contributed by atoms with Gasteiger partial charge in [0.15, 0.2) is 0 Å². The van der Waals surface area contributed by atoms with Crippen molar-refractivity contribution in [1.82, 2.24) is 4.98 Å². The van der Waals surface area contributed by atoms with Gasteiger partial charge in [-0.3, -0.25) is 0 Å². The molecule has 0 N–H and O–H groups in total. The Hall–Kier alpha value is 0.686. The quantitative estimate of drug-likeness (QED) is 0.285. The summed E-state index contributed by atoms with van der Waals surface area (Å²) in [5.74, 6) is 0. The average molecular weight is 217 g/mol. The average Bonchev–Trinajstić information content (AvgIpc) is 1.69. The van der Waals surface area contributed by atoms with Gasteiger partial charge in [0.05, 0.1) is 0 Å². The van der Waals surface area contributed by atoms with Gasteiger partial charge in [-0.2, -0.15) is 12.1 Å². The third-order valence-corrected chi connectivity index (χ3v) is 1.02. The van der Waals surface area contributed by atoms with E-state index >= 15 is 0 Å². The first-order chi connectivity index (χ1) is 3.39. The maximum Gasteiger partial charge on any atom is 2.00 e. The van der Waals surface area contributed by atoms with Gasteiger partial charge < -0.3 is 17.4 Å². The fourth-order valence-electron chi connectivity index (χ4n) is 0.307. The van der Waals surface area contributed by atoms with Crippen molar-refractivity contribution in [2.24, 2.45) is 0 Å². The smallest absolute Gasteiger partial charge is 1.00 e. The molecular formula is C5H3BrClMgN. The predicted molar refractivity (Wildman–Crippen MR) is 36.5 cm³/mol. The fraction of sp³-hybridized carbons (Fsp3) is 0. The molecule has 0 aliphatic carbocycles. The second kappa shape index (κ2) is 6.80. The van der Waals surface area contributed by atoms with Gasteiger partial charge in [-0.1, -0.05) is 6.20 Å². The molecule has 0 aromatic carbocycles. The summed E-state index contributed by atoms with van der Waals surface area (Å²) in [5.41, 5.74) is 0. The molecule has 9 heavy (non-hydrogen) atoms. The number of pyridine rings is 1. The monoisotopic (exact) mass is 215 g/mol. The van der Waals surface area contributed by atoms with E-state index in [1.165, 1.54) is 0 Å². The maximum atomic E-state index is 3.77. The van der Waals surface area contributed by atoms with Gasteiger partial charge in [0.1, 0.15) is 0 Å². The van der Waals surface area contributed by atoms with Crippen LogP contribution in [0, 0.1) is 6.20 Å². The molecule has 0 atom stereocenters. The number of hydrogen-bond donors (Lipinski definition) is 0. The molecule has 0 radical (unpaired) electrons. The Morgan fingerprint density at radius 2 is 2.22 bits per heavy atom. The summed E-state index contributed by atoms with van der Waals surface area (Å²) >= 11 is 3.17. The molecule has 0 saturated carbocycles. The molecule has 0 amide bonds. The van der Waals surface area contributed by atoms with Crippen LogP contribution in [0.15, 0.2) is 22.8 Å². The van der Waals surface area contributed by atoms with E-state index in [4.69, 9.17) is 0 Å². The number of hydrogen-bond acceptors (Lipinski definition) is 1. The molecule has 0 saturated heterocycles. The van der Waals surface area contributed by atoms with Crippen molar-refractivity contribution < 1.29 is 12.4 Å². The number of rotatable bonds is 0. The minimum Gasteiger partial charge on any atom is -1.00 e. The van der Waals surface area contributed by atoms with Crippen molar-refractivity contribution in [2.75, 3.05) is 0 Å². The normalized spacial score (nSPS) is 6.78. The Bertz CT molecular complexity index is 147. The zero-order valence-corrected chi connectivity index (χ0v) is 8.40. The van der Waals surface area contributed by atoms with Gasteiger partial charge >= 0.3 is 23.1 Å². The molecule has 0 bridgehead atoms. The molecule has 0 spiro atoms. The Morgan fingerprint density at radius 1 is 1.56 bits per heavy atom. The van der Waals surface area contributed by atoms with Gasteiger partial charge in [0.2, 0.25) is 0 Å². The fourth-order valence-corrected chi connectivity index (χ4v) is 0.562. The summed E-state index contributed by atoms with van der Waals surface area (Å²) in [6.07, 6.45) is 2.66. The van der Waals surface area contributed by atoms with Crippen LogP contribution >= 0.6 is 15.9 Å². The van der Waals surface area contributed by atoms with Gasteiger partial charge in [-0.25, -0.2) is 0 Å². The molecule has 0 aliphatic heterocycles.